The molecule has 3 rings (SSSR count). The number of ether oxygens (including phenoxy) is 1. The number of imidazole rings is 2. The van der Waals surface area contributed by atoms with Crippen molar-refractivity contribution in [2.75, 3.05) is 13.7 Å². The predicted octanol–water partition coefficient (Wildman–Crippen LogP) is 0.340. The summed E-state index contributed by atoms with van der Waals surface area (Å²) >= 11 is 0. The fraction of sp³-hybridized carbons (Fsp3) is 0.533. The predicted molar refractivity (Wildman–Crippen MR) is 87.1 cm³/mol. The molecule has 0 atom stereocenters. The Labute approximate surface area is 132 Å². The number of aryl methyl sites for hydroxylation is 3. The molecule has 0 unspecified atom stereocenters. The highest BCUT2D eigenvalue weighted by Crippen LogP contribution is 2.20. The third kappa shape index (κ3) is 2.05. The van der Waals surface area contributed by atoms with E-state index >= 15 is 0 Å². The van der Waals surface area contributed by atoms with Crippen molar-refractivity contribution < 1.29 is 4.74 Å². The average molecular weight is 319 g/mol. The van der Waals surface area contributed by atoms with Gasteiger partial charge in [0.25, 0.3) is 5.56 Å². The van der Waals surface area contributed by atoms with Crippen LogP contribution in [0.5, 0.6) is 0 Å². The zero-order valence-electron chi connectivity index (χ0n) is 14.1. The molecule has 3 aromatic heterocycles. The second kappa shape index (κ2) is 5.38. The van der Waals surface area contributed by atoms with E-state index in [1.165, 1.54) is 11.6 Å². The SMILES string of the molecule is COCCCn1c(C)c(C)n2c3c(=O)n(C)c(=O)n(C)c3nc12. The van der Waals surface area contributed by atoms with Crippen LogP contribution in [0.4, 0.5) is 0 Å². The normalized spacial score (nSPS) is 11.9. The molecule has 8 heteroatoms. The lowest BCUT2D eigenvalue weighted by molar-refractivity contribution is 0.190. The van der Waals surface area contributed by atoms with Crippen molar-refractivity contribution in [3.8, 4) is 0 Å². The van der Waals surface area contributed by atoms with Gasteiger partial charge in [-0.1, -0.05) is 0 Å². The molecule has 0 N–H and O–H groups in total. The van der Waals surface area contributed by atoms with Crippen LogP contribution < -0.4 is 11.2 Å². The minimum atomic E-state index is -0.372. The quantitative estimate of drug-likeness (QED) is 0.650. The molecular weight excluding hydrogens is 298 g/mol. The standard InChI is InChI=1S/C15H21N5O3/c1-9-10(2)20-11-12(17(3)15(22)18(4)13(11)21)16-14(20)19(9)7-6-8-23-5/h6-8H2,1-5H3. The van der Waals surface area contributed by atoms with E-state index in [0.29, 0.717) is 23.5 Å². The van der Waals surface area contributed by atoms with Crippen molar-refractivity contribution in [3.05, 3.63) is 32.2 Å². The van der Waals surface area contributed by atoms with Crippen molar-refractivity contribution in [1.82, 2.24) is 23.1 Å². The van der Waals surface area contributed by atoms with Crippen molar-refractivity contribution >= 4 is 16.9 Å². The molecule has 0 aliphatic rings. The fourth-order valence-corrected chi connectivity index (χ4v) is 3.02. The van der Waals surface area contributed by atoms with Crippen LogP contribution in [0.25, 0.3) is 16.9 Å². The van der Waals surface area contributed by atoms with E-state index in [9.17, 15) is 9.59 Å². The number of fused-ring (bicyclic) bond motifs is 3. The Morgan fingerprint density at radius 3 is 2.43 bits per heavy atom. The van der Waals surface area contributed by atoms with Gasteiger partial charge in [-0.05, 0) is 20.3 Å². The summed E-state index contributed by atoms with van der Waals surface area (Å²) in [4.78, 5) is 29.2. The molecule has 0 spiro atoms. The summed E-state index contributed by atoms with van der Waals surface area (Å²) in [5.41, 5.74) is 2.17. The van der Waals surface area contributed by atoms with Crippen LogP contribution >= 0.6 is 0 Å². The van der Waals surface area contributed by atoms with Gasteiger partial charge in [0.15, 0.2) is 11.2 Å². The highest BCUT2D eigenvalue weighted by Gasteiger charge is 2.21. The molecule has 0 saturated carbocycles. The number of methoxy groups -OCH3 is 1. The minimum Gasteiger partial charge on any atom is -0.385 e. The maximum atomic E-state index is 12.6. The average Bonchev–Trinajstić information content (AvgIpc) is 3.02. The first-order chi connectivity index (χ1) is 10.9. The van der Waals surface area contributed by atoms with Crippen molar-refractivity contribution in [3.63, 3.8) is 0 Å². The number of nitrogens with zero attached hydrogens (tertiary/aromatic N) is 5. The van der Waals surface area contributed by atoms with Crippen LogP contribution in [0.1, 0.15) is 17.8 Å². The van der Waals surface area contributed by atoms with Gasteiger partial charge in [-0.3, -0.25) is 18.3 Å². The maximum Gasteiger partial charge on any atom is 0.332 e. The van der Waals surface area contributed by atoms with Crippen LogP contribution in [0, 0.1) is 13.8 Å². The van der Waals surface area contributed by atoms with Crippen molar-refractivity contribution in [1.29, 1.82) is 0 Å². The summed E-state index contributed by atoms with van der Waals surface area (Å²) in [5.74, 6) is 0.685. The third-order valence-electron chi connectivity index (χ3n) is 4.48. The van der Waals surface area contributed by atoms with E-state index in [0.717, 1.165) is 28.9 Å². The summed E-state index contributed by atoms with van der Waals surface area (Å²) in [6.45, 7) is 5.37. The van der Waals surface area contributed by atoms with Gasteiger partial charge in [-0.2, -0.15) is 4.98 Å². The molecule has 0 amide bonds. The van der Waals surface area contributed by atoms with Crippen molar-refractivity contribution in [2.45, 2.75) is 26.8 Å². The zero-order valence-corrected chi connectivity index (χ0v) is 14.1. The van der Waals surface area contributed by atoms with E-state index in [4.69, 9.17) is 4.74 Å². The van der Waals surface area contributed by atoms with Gasteiger partial charge in [0.2, 0.25) is 5.78 Å². The second-order valence-corrected chi connectivity index (χ2v) is 5.79. The first-order valence-corrected chi connectivity index (χ1v) is 7.53. The molecule has 0 aliphatic heterocycles. The summed E-state index contributed by atoms with van der Waals surface area (Å²) < 4.78 is 11.6. The number of aromatic nitrogens is 5. The highest BCUT2D eigenvalue weighted by atomic mass is 16.5. The van der Waals surface area contributed by atoms with Gasteiger partial charge < -0.3 is 9.30 Å². The molecule has 0 radical (unpaired) electrons. The van der Waals surface area contributed by atoms with E-state index < -0.39 is 0 Å². The Morgan fingerprint density at radius 1 is 1.09 bits per heavy atom. The summed E-state index contributed by atoms with van der Waals surface area (Å²) in [7, 11) is 4.79. The van der Waals surface area contributed by atoms with Gasteiger partial charge in [0.05, 0.1) is 0 Å². The second-order valence-electron chi connectivity index (χ2n) is 5.79. The van der Waals surface area contributed by atoms with E-state index in [1.54, 1.807) is 14.2 Å². The monoisotopic (exact) mass is 319 g/mol. The van der Waals surface area contributed by atoms with E-state index in [1.807, 2.05) is 18.2 Å². The smallest absolute Gasteiger partial charge is 0.332 e. The molecule has 124 valence electrons. The van der Waals surface area contributed by atoms with Gasteiger partial charge >= 0.3 is 5.69 Å². The maximum absolute atomic E-state index is 12.6. The number of hydrogen-bond donors (Lipinski definition) is 0. The summed E-state index contributed by atoms with van der Waals surface area (Å²) in [5, 5.41) is 0. The van der Waals surface area contributed by atoms with Gasteiger partial charge in [-0.15, -0.1) is 0 Å². The Bertz CT molecular complexity index is 1020. The molecule has 8 nitrogen and oxygen atoms in total. The summed E-state index contributed by atoms with van der Waals surface area (Å²) in [6, 6.07) is 0. The third-order valence-corrected chi connectivity index (χ3v) is 4.48. The van der Waals surface area contributed by atoms with Crippen molar-refractivity contribution in [2.24, 2.45) is 14.1 Å². The Balaban J connectivity index is 2.40. The molecule has 0 fully saturated rings. The van der Waals surface area contributed by atoms with Crippen LogP contribution in [0.2, 0.25) is 0 Å². The van der Waals surface area contributed by atoms with Crippen LogP contribution in [-0.2, 0) is 25.4 Å². The zero-order chi connectivity index (χ0) is 16.9. The molecule has 0 aromatic carbocycles. The number of rotatable bonds is 4. The lowest BCUT2D eigenvalue weighted by atomic mass is 10.3. The van der Waals surface area contributed by atoms with E-state index in [2.05, 4.69) is 9.55 Å². The molecule has 3 heterocycles. The Hall–Kier alpha value is -2.35. The molecule has 0 saturated heterocycles. The topological polar surface area (TPSA) is 75.5 Å². The lowest BCUT2D eigenvalue weighted by Crippen LogP contribution is -2.37. The lowest BCUT2D eigenvalue weighted by Gasteiger charge is -2.06. The molecule has 0 aliphatic carbocycles. The number of hydrogen-bond acceptors (Lipinski definition) is 4. The molecule has 23 heavy (non-hydrogen) atoms. The molecular formula is C15H21N5O3. The fourth-order valence-electron chi connectivity index (χ4n) is 3.02. The highest BCUT2D eigenvalue weighted by molar-refractivity contribution is 5.76. The first-order valence-electron chi connectivity index (χ1n) is 7.53. The Kier molecular flexibility index (Phi) is 3.63. The van der Waals surface area contributed by atoms with Crippen LogP contribution in [-0.4, -0.2) is 36.8 Å². The largest absolute Gasteiger partial charge is 0.385 e. The van der Waals surface area contributed by atoms with Gasteiger partial charge in [0, 0.05) is 45.7 Å². The van der Waals surface area contributed by atoms with Gasteiger partial charge in [0.1, 0.15) is 0 Å². The Morgan fingerprint density at radius 2 is 1.78 bits per heavy atom. The van der Waals surface area contributed by atoms with Crippen LogP contribution in [0.15, 0.2) is 9.59 Å². The minimum absolute atomic E-state index is 0.326. The molecule has 3 aromatic rings. The molecule has 0 bridgehead atoms. The van der Waals surface area contributed by atoms with Crippen LogP contribution in [0.3, 0.4) is 0 Å². The first kappa shape index (κ1) is 15.5. The van der Waals surface area contributed by atoms with Gasteiger partial charge in [-0.25, -0.2) is 4.79 Å². The van der Waals surface area contributed by atoms with E-state index in [-0.39, 0.29) is 11.2 Å². The summed E-state index contributed by atoms with van der Waals surface area (Å²) in [6.07, 6.45) is 0.848.